The minimum Gasteiger partial charge on any atom is -0.323 e. The number of amides is 3. The molecule has 142 valence electrons. The van der Waals surface area contributed by atoms with E-state index in [0.29, 0.717) is 6.67 Å². The Morgan fingerprint density at radius 3 is 2.38 bits per heavy atom. The lowest BCUT2D eigenvalue weighted by molar-refractivity contribution is -0.134. The van der Waals surface area contributed by atoms with Crippen molar-refractivity contribution in [1.82, 2.24) is 20.0 Å². The number of piperazine rings is 1. The molecule has 1 aromatic heterocycles. The van der Waals surface area contributed by atoms with Crippen molar-refractivity contribution in [2.24, 2.45) is 0 Å². The molecule has 1 spiro atoms. The van der Waals surface area contributed by atoms with Crippen LogP contribution < -0.4 is 5.32 Å². The zero-order valence-corrected chi connectivity index (χ0v) is 16.4. The van der Waals surface area contributed by atoms with Crippen molar-refractivity contribution >= 4 is 34.9 Å². The molecule has 3 aliphatic rings. The van der Waals surface area contributed by atoms with Crippen LogP contribution in [0.15, 0.2) is 12.1 Å². The van der Waals surface area contributed by atoms with Crippen molar-refractivity contribution in [2.45, 2.75) is 44.2 Å². The van der Waals surface area contributed by atoms with Crippen LogP contribution in [0, 0.1) is 0 Å². The zero-order valence-electron chi connectivity index (χ0n) is 14.9. The first kappa shape index (κ1) is 18.2. The number of nitrogens with zero attached hydrogens (tertiary/aromatic N) is 3. The molecule has 26 heavy (non-hydrogen) atoms. The molecule has 1 N–H and O–H groups in total. The molecule has 2 saturated heterocycles. The van der Waals surface area contributed by atoms with Crippen molar-refractivity contribution in [3.05, 3.63) is 21.3 Å². The topological polar surface area (TPSA) is 55.9 Å². The normalized spacial score (nSPS) is 24.4. The van der Waals surface area contributed by atoms with E-state index in [1.165, 1.54) is 9.78 Å². The molecule has 3 amide bonds. The van der Waals surface area contributed by atoms with Gasteiger partial charge in [-0.15, -0.1) is 11.3 Å². The highest BCUT2D eigenvalue weighted by atomic mass is 35.5. The summed E-state index contributed by atoms with van der Waals surface area (Å²) in [5.41, 5.74) is -0.615. The van der Waals surface area contributed by atoms with E-state index in [4.69, 9.17) is 11.6 Å². The predicted octanol–water partition coefficient (Wildman–Crippen LogP) is 2.73. The van der Waals surface area contributed by atoms with Gasteiger partial charge in [0.1, 0.15) is 5.54 Å². The van der Waals surface area contributed by atoms with Gasteiger partial charge in [0, 0.05) is 37.6 Å². The van der Waals surface area contributed by atoms with Crippen molar-refractivity contribution < 1.29 is 9.59 Å². The Morgan fingerprint density at radius 1 is 1.04 bits per heavy atom. The number of thiophene rings is 1. The molecule has 1 saturated carbocycles. The highest BCUT2D eigenvalue weighted by Crippen LogP contribution is 2.33. The van der Waals surface area contributed by atoms with Gasteiger partial charge in [0.2, 0.25) is 0 Å². The highest BCUT2D eigenvalue weighted by Gasteiger charge is 2.51. The van der Waals surface area contributed by atoms with Crippen molar-refractivity contribution in [1.29, 1.82) is 0 Å². The summed E-state index contributed by atoms with van der Waals surface area (Å²) in [5, 5.41) is 2.99. The lowest BCUT2D eigenvalue weighted by atomic mass is 9.82. The Labute approximate surface area is 163 Å². The predicted molar refractivity (Wildman–Crippen MR) is 102 cm³/mol. The minimum atomic E-state index is -0.615. The van der Waals surface area contributed by atoms with Gasteiger partial charge in [0.25, 0.3) is 5.91 Å². The van der Waals surface area contributed by atoms with Gasteiger partial charge in [-0.2, -0.15) is 0 Å². The van der Waals surface area contributed by atoms with Crippen molar-refractivity contribution in [3.8, 4) is 0 Å². The molecule has 2 aliphatic heterocycles. The Hall–Kier alpha value is -1.15. The Bertz CT molecular complexity index is 680. The first-order valence-corrected chi connectivity index (χ1v) is 10.6. The standard InChI is InChI=1S/C18H25ClN4O2S/c19-15-5-4-14(26-15)12-21-8-10-22(11-9-21)13-23-16(24)18(20-17(23)25)6-2-1-3-7-18/h4-5H,1-3,6-13H2,(H,20,25). The number of nitrogens with one attached hydrogen (secondary N) is 1. The molecule has 0 bridgehead atoms. The molecule has 3 heterocycles. The van der Waals surface area contributed by atoms with Gasteiger partial charge in [-0.3, -0.25) is 14.6 Å². The smallest absolute Gasteiger partial charge is 0.323 e. The maximum atomic E-state index is 12.9. The molecule has 1 aliphatic carbocycles. The number of carbonyl (C=O) groups is 2. The number of hydrogen-bond donors (Lipinski definition) is 1. The largest absolute Gasteiger partial charge is 0.326 e. The fraction of sp³-hybridized carbons (Fsp3) is 0.667. The second-order valence-electron chi connectivity index (χ2n) is 7.55. The number of urea groups is 1. The molecule has 0 unspecified atom stereocenters. The average molecular weight is 397 g/mol. The van der Waals surface area contributed by atoms with E-state index in [1.807, 2.05) is 6.07 Å². The van der Waals surface area contributed by atoms with E-state index in [9.17, 15) is 9.59 Å². The fourth-order valence-corrected chi connectivity index (χ4v) is 5.37. The lowest BCUT2D eigenvalue weighted by Crippen LogP contribution is -2.52. The van der Waals surface area contributed by atoms with Crippen LogP contribution >= 0.6 is 22.9 Å². The van der Waals surface area contributed by atoms with Gasteiger partial charge < -0.3 is 5.32 Å². The SMILES string of the molecule is O=C1NC2(CCCCC2)C(=O)N1CN1CCN(Cc2ccc(Cl)s2)CC1. The summed E-state index contributed by atoms with van der Waals surface area (Å²) in [6.07, 6.45) is 4.76. The molecule has 4 rings (SSSR count). The Balaban J connectivity index is 1.30. The molecule has 0 atom stereocenters. The molecule has 0 radical (unpaired) electrons. The lowest BCUT2D eigenvalue weighted by Gasteiger charge is -2.36. The van der Waals surface area contributed by atoms with E-state index in [2.05, 4.69) is 21.2 Å². The summed E-state index contributed by atoms with van der Waals surface area (Å²) in [4.78, 5) is 32.6. The van der Waals surface area contributed by atoms with Crippen LogP contribution in [0.2, 0.25) is 4.34 Å². The van der Waals surface area contributed by atoms with Gasteiger partial charge >= 0.3 is 6.03 Å². The summed E-state index contributed by atoms with van der Waals surface area (Å²) in [6, 6.07) is 3.81. The van der Waals surface area contributed by atoms with Crippen LogP contribution in [0.1, 0.15) is 37.0 Å². The summed E-state index contributed by atoms with van der Waals surface area (Å²) >= 11 is 7.63. The molecule has 0 aromatic carbocycles. The third-order valence-corrected chi connectivity index (χ3v) is 6.98. The van der Waals surface area contributed by atoms with Gasteiger partial charge in [-0.1, -0.05) is 30.9 Å². The molecular formula is C18H25ClN4O2S. The first-order chi connectivity index (χ1) is 12.6. The van der Waals surface area contributed by atoms with Crippen LogP contribution in [-0.2, 0) is 11.3 Å². The van der Waals surface area contributed by atoms with Crippen LogP contribution in [0.4, 0.5) is 4.79 Å². The Kier molecular flexibility index (Phi) is 5.23. The first-order valence-electron chi connectivity index (χ1n) is 9.39. The van der Waals surface area contributed by atoms with Crippen LogP contribution in [0.3, 0.4) is 0 Å². The van der Waals surface area contributed by atoms with E-state index in [-0.39, 0.29) is 11.9 Å². The monoisotopic (exact) mass is 396 g/mol. The van der Waals surface area contributed by atoms with E-state index < -0.39 is 5.54 Å². The van der Waals surface area contributed by atoms with E-state index >= 15 is 0 Å². The minimum absolute atomic E-state index is 0.0159. The Morgan fingerprint density at radius 2 is 1.73 bits per heavy atom. The maximum Gasteiger partial charge on any atom is 0.326 e. The van der Waals surface area contributed by atoms with E-state index in [0.717, 1.165) is 69.2 Å². The fourth-order valence-electron chi connectivity index (χ4n) is 4.24. The van der Waals surface area contributed by atoms with Crippen LogP contribution in [0.25, 0.3) is 0 Å². The van der Waals surface area contributed by atoms with Gasteiger partial charge in [0.05, 0.1) is 11.0 Å². The van der Waals surface area contributed by atoms with Gasteiger partial charge in [-0.05, 0) is 25.0 Å². The number of imide groups is 1. The van der Waals surface area contributed by atoms with Crippen molar-refractivity contribution in [2.75, 3.05) is 32.8 Å². The summed E-state index contributed by atoms with van der Waals surface area (Å²) < 4.78 is 0.828. The van der Waals surface area contributed by atoms with E-state index in [1.54, 1.807) is 11.3 Å². The molecule has 1 aromatic rings. The van der Waals surface area contributed by atoms with Gasteiger partial charge in [-0.25, -0.2) is 9.69 Å². The third-order valence-electron chi connectivity index (χ3n) is 5.77. The zero-order chi connectivity index (χ0) is 18.1. The molecule has 3 fully saturated rings. The number of halogens is 1. The number of hydrogen-bond acceptors (Lipinski definition) is 5. The van der Waals surface area contributed by atoms with Gasteiger partial charge in [0.15, 0.2) is 0 Å². The highest BCUT2D eigenvalue weighted by molar-refractivity contribution is 7.16. The van der Waals surface area contributed by atoms with Crippen molar-refractivity contribution in [3.63, 3.8) is 0 Å². The molecular weight excluding hydrogens is 372 g/mol. The number of carbonyl (C=O) groups excluding carboxylic acids is 2. The summed E-state index contributed by atoms with van der Waals surface area (Å²) in [6.45, 7) is 4.92. The average Bonchev–Trinajstić information content (AvgIpc) is 3.14. The second-order valence-corrected chi connectivity index (χ2v) is 9.35. The maximum absolute atomic E-state index is 12.9. The molecule has 6 nitrogen and oxygen atoms in total. The molecule has 8 heteroatoms. The number of rotatable bonds is 4. The second kappa shape index (κ2) is 7.46. The third kappa shape index (κ3) is 3.63. The summed E-state index contributed by atoms with van der Waals surface area (Å²) in [5.74, 6) is -0.0159. The van der Waals surface area contributed by atoms with Crippen LogP contribution in [-0.4, -0.2) is 65.0 Å². The summed E-state index contributed by atoms with van der Waals surface area (Å²) in [7, 11) is 0. The quantitative estimate of drug-likeness (QED) is 0.795. The van der Waals surface area contributed by atoms with Crippen LogP contribution in [0.5, 0.6) is 0 Å².